The topological polar surface area (TPSA) is 0 Å². The first-order valence-corrected chi connectivity index (χ1v) is 3.07. The van der Waals surface area contributed by atoms with Crippen LogP contribution in [0.3, 0.4) is 0 Å². The molecule has 0 aliphatic heterocycles. The SMILES string of the molecule is CC(C)[C-]1CC1C. The van der Waals surface area contributed by atoms with Gasteiger partial charge < -0.3 is 5.92 Å². The summed E-state index contributed by atoms with van der Waals surface area (Å²) in [6.45, 7) is 6.85. The highest BCUT2D eigenvalue weighted by Gasteiger charge is 2.16. The minimum absolute atomic E-state index is 0.856. The van der Waals surface area contributed by atoms with Crippen molar-refractivity contribution < 1.29 is 0 Å². The Labute approximate surface area is 45.9 Å². The van der Waals surface area contributed by atoms with Gasteiger partial charge in [-0.2, -0.15) is 11.8 Å². The summed E-state index contributed by atoms with van der Waals surface area (Å²) in [5.74, 6) is 3.58. The Morgan fingerprint density at radius 2 is 2.00 bits per heavy atom. The maximum absolute atomic E-state index is 2.30. The van der Waals surface area contributed by atoms with E-state index >= 15 is 0 Å². The molecule has 42 valence electrons. The zero-order valence-corrected chi connectivity index (χ0v) is 5.36. The molecule has 0 heteroatoms. The smallest absolute Gasteiger partial charge is 0.0898 e. The molecule has 0 radical (unpaired) electrons. The van der Waals surface area contributed by atoms with Gasteiger partial charge in [-0.05, 0) is 0 Å². The molecule has 0 N–H and O–H groups in total. The van der Waals surface area contributed by atoms with E-state index in [0.717, 1.165) is 11.8 Å². The van der Waals surface area contributed by atoms with Gasteiger partial charge >= 0.3 is 0 Å². The Kier molecular flexibility index (Phi) is 1.10. The van der Waals surface area contributed by atoms with Gasteiger partial charge in [-0.3, -0.25) is 0 Å². The summed E-state index contributed by atoms with van der Waals surface area (Å²) >= 11 is 0. The Morgan fingerprint density at radius 1 is 1.57 bits per heavy atom. The van der Waals surface area contributed by atoms with E-state index < -0.39 is 0 Å². The predicted octanol–water partition coefficient (Wildman–Crippen LogP) is 2.26. The van der Waals surface area contributed by atoms with Crippen LogP contribution in [0.5, 0.6) is 0 Å². The standard InChI is InChI=1S/C7H13/c1-5(2)7-4-6(7)3/h5-6H,4H2,1-3H3/q-1. The molecule has 0 bridgehead atoms. The van der Waals surface area contributed by atoms with Gasteiger partial charge in [0.2, 0.25) is 0 Å². The molecule has 0 aromatic heterocycles. The van der Waals surface area contributed by atoms with Gasteiger partial charge in [0, 0.05) is 0 Å². The predicted molar refractivity (Wildman–Crippen MR) is 31.9 cm³/mol. The fraction of sp³-hybridized carbons (Fsp3) is 0.857. The first-order chi connectivity index (χ1) is 3.22. The van der Waals surface area contributed by atoms with Crippen molar-refractivity contribution in [3.63, 3.8) is 0 Å². The van der Waals surface area contributed by atoms with Crippen LogP contribution in [0.15, 0.2) is 0 Å². The van der Waals surface area contributed by atoms with Gasteiger partial charge in [0.05, 0.1) is 0 Å². The van der Waals surface area contributed by atoms with Gasteiger partial charge in [-0.1, -0.05) is 20.8 Å². The summed E-state index contributed by atoms with van der Waals surface area (Å²) in [6, 6.07) is 0. The van der Waals surface area contributed by atoms with Crippen molar-refractivity contribution in [2.75, 3.05) is 0 Å². The number of hydrogen-bond donors (Lipinski definition) is 0. The highest BCUT2D eigenvalue weighted by molar-refractivity contribution is 5.13. The summed E-state index contributed by atoms with van der Waals surface area (Å²) in [5, 5.41) is 0. The van der Waals surface area contributed by atoms with E-state index in [0.29, 0.717) is 0 Å². The molecule has 1 atom stereocenters. The molecule has 0 saturated heterocycles. The highest BCUT2D eigenvalue weighted by atomic mass is 14.4. The van der Waals surface area contributed by atoms with Crippen LogP contribution in [-0.4, -0.2) is 0 Å². The van der Waals surface area contributed by atoms with Crippen LogP contribution in [0.25, 0.3) is 0 Å². The molecule has 1 fully saturated rings. The molecule has 1 aliphatic carbocycles. The first-order valence-electron chi connectivity index (χ1n) is 3.07. The van der Waals surface area contributed by atoms with E-state index in [1.54, 1.807) is 5.92 Å². The van der Waals surface area contributed by atoms with Crippen LogP contribution >= 0.6 is 0 Å². The van der Waals surface area contributed by atoms with E-state index in [-0.39, 0.29) is 0 Å². The molecule has 0 aromatic rings. The fourth-order valence-electron chi connectivity index (χ4n) is 1.10. The molecule has 1 saturated carbocycles. The van der Waals surface area contributed by atoms with E-state index in [1.807, 2.05) is 0 Å². The van der Waals surface area contributed by atoms with Gasteiger partial charge in [0.15, 0.2) is 0 Å². The summed E-state index contributed by atoms with van der Waals surface area (Å²) in [7, 11) is 0. The van der Waals surface area contributed by atoms with Crippen LogP contribution in [-0.2, 0) is 0 Å². The minimum Gasteiger partial charge on any atom is -0.313 e. The molecule has 1 unspecified atom stereocenters. The monoisotopic (exact) mass is 97.1 g/mol. The number of hydrogen-bond acceptors (Lipinski definition) is 0. The lowest BCUT2D eigenvalue weighted by atomic mass is 10.1. The number of rotatable bonds is 1. The lowest BCUT2D eigenvalue weighted by Crippen LogP contribution is -1.86. The first kappa shape index (κ1) is 5.14. The maximum Gasteiger partial charge on any atom is -0.0898 e. The van der Waals surface area contributed by atoms with E-state index in [9.17, 15) is 0 Å². The van der Waals surface area contributed by atoms with E-state index in [1.165, 1.54) is 6.42 Å². The fourth-order valence-corrected chi connectivity index (χ4v) is 1.10. The Balaban J connectivity index is 2.20. The van der Waals surface area contributed by atoms with Crippen molar-refractivity contribution in [2.24, 2.45) is 11.8 Å². The molecule has 7 heavy (non-hydrogen) atoms. The second-order valence-corrected chi connectivity index (χ2v) is 2.83. The average Bonchev–Trinajstić information content (AvgIpc) is 2.17. The normalized spacial score (nSPS) is 31.7. The quantitative estimate of drug-likeness (QED) is 0.440. The molecule has 0 amide bonds. The Morgan fingerprint density at radius 3 is 2.00 bits per heavy atom. The van der Waals surface area contributed by atoms with Crippen molar-refractivity contribution in [3.8, 4) is 0 Å². The zero-order valence-electron chi connectivity index (χ0n) is 5.36. The molecule has 1 aliphatic rings. The Hall–Kier alpha value is 0. The second kappa shape index (κ2) is 1.50. The third-order valence-electron chi connectivity index (χ3n) is 1.76. The molecule has 0 heterocycles. The third-order valence-corrected chi connectivity index (χ3v) is 1.76. The van der Waals surface area contributed by atoms with Gasteiger partial charge in [-0.15, -0.1) is 0 Å². The summed E-state index contributed by atoms with van der Waals surface area (Å²) in [4.78, 5) is 0. The second-order valence-electron chi connectivity index (χ2n) is 2.83. The maximum atomic E-state index is 2.30. The van der Waals surface area contributed by atoms with Crippen molar-refractivity contribution in [2.45, 2.75) is 27.2 Å². The largest absolute Gasteiger partial charge is 0.313 e. The lowest BCUT2D eigenvalue weighted by Gasteiger charge is -2.12. The average molecular weight is 97.2 g/mol. The van der Waals surface area contributed by atoms with Crippen molar-refractivity contribution in [1.29, 1.82) is 0 Å². The van der Waals surface area contributed by atoms with Gasteiger partial charge in [0.25, 0.3) is 0 Å². The molecule has 0 aromatic carbocycles. The third kappa shape index (κ3) is 0.960. The molecule has 1 rings (SSSR count). The van der Waals surface area contributed by atoms with Crippen LogP contribution in [0.2, 0.25) is 0 Å². The minimum atomic E-state index is 0.856. The van der Waals surface area contributed by atoms with Crippen LogP contribution in [0, 0.1) is 17.8 Å². The molecular formula is C7H13-. The van der Waals surface area contributed by atoms with Crippen LogP contribution < -0.4 is 0 Å². The zero-order chi connectivity index (χ0) is 5.44. The molecular weight excluding hydrogens is 84.1 g/mol. The summed E-state index contributed by atoms with van der Waals surface area (Å²) < 4.78 is 0. The van der Waals surface area contributed by atoms with Crippen molar-refractivity contribution >= 4 is 0 Å². The Bertz CT molecular complexity index is 64.4. The van der Waals surface area contributed by atoms with Crippen LogP contribution in [0.1, 0.15) is 27.2 Å². The van der Waals surface area contributed by atoms with Crippen molar-refractivity contribution in [1.82, 2.24) is 0 Å². The van der Waals surface area contributed by atoms with E-state index in [2.05, 4.69) is 20.8 Å². The van der Waals surface area contributed by atoms with Gasteiger partial charge in [-0.25, -0.2) is 6.42 Å². The highest BCUT2D eigenvalue weighted by Crippen LogP contribution is 2.45. The summed E-state index contributed by atoms with van der Waals surface area (Å²) in [5.41, 5.74) is 0. The van der Waals surface area contributed by atoms with Crippen molar-refractivity contribution in [3.05, 3.63) is 5.92 Å². The van der Waals surface area contributed by atoms with Gasteiger partial charge in [0.1, 0.15) is 0 Å². The van der Waals surface area contributed by atoms with E-state index in [4.69, 9.17) is 0 Å². The molecule has 0 spiro atoms. The van der Waals surface area contributed by atoms with Crippen LogP contribution in [0.4, 0.5) is 0 Å². The molecule has 0 nitrogen and oxygen atoms in total. The summed E-state index contributed by atoms with van der Waals surface area (Å²) in [6.07, 6.45) is 1.40. The lowest BCUT2D eigenvalue weighted by molar-refractivity contribution is 0.712.